The molecule has 6 nitrogen and oxygen atoms in total. The zero-order valence-corrected chi connectivity index (χ0v) is 12.6. The van der Waals surface area contributed by atoms with Crippen molar-refractivity contribution in [2.45, 2.75) is 38.6 Å². The summed E-state index contributed by atoms with van der Waals surface area (Å²) in [6, 6.07) is 1.75. The van der Waals surface area contributed by atoms with Crippen molar-refractivity contribution >= 4 is 21.6 Å². The molecule has 112 valence electrons. The Bertz CT molecular complexity index is 533. The van der Waals surface area contributed by atoms with E-state index in [1.54, 1.807) is 6.20 Å². The molecule has 0 amide bonds. The second kappa shape index (κ2) is 6.88. The van der Waals surface area contributed by atoms with Gasteiger partial charge in [-0.2, -0.15) is 4.98 Å². The van der Waals surface area contributed by atoms with Crippen molar-refractivity contribution in [1.82, 2.24) is 9.97 Å². The van der Waals surface area contributed by atoms with Crippen LogP contribution in [0.25, 0.3) is 0 Å². The third-order valence-corrected chi connectivity index (χ3v) is 5.08. The summed E-state index contributed by atoms with van der Waals surface area (Å²) < 4.78 is 22.8. The number of sulfone groups is 1. The minimum Gasteiger partial charge on any atom is -0.370 e. The number of hydrogen-bond acceptors (Lipinski definition) is 6. The van der Waals surface area contributed by atoms with E-state index in [1.807, 2.05) is 6.07 Å². The number of nitrogens with one attached hydrogen (secondary N) is 2. The standard InChI is InChI=1S/C13H22N4O2S/c1-2-3-4-7-14-12-5-8-15-13(17-12)16-11-6-9-20(18,19)10-11/h5,8,11H,2-4,6-7,9-10H2,1H3,(H2,14,15,16,17). The summed E-state index contributed by atoms with van der Waals surface area (Å²) in [5.41, 5.74) is 0. The molecule has 1 fully saturated rings. The maximum absolute atomic E-state index is 11.4. The summed E-state index contributed by atoms with van der Waals surface area (Å²) in [5, 5.41) is 6.35. The van der Waals surface area contributed by atoms with Gasteiger partial charge < -0.3 is 10.6 Å². The van der Waals surface area contributed by atoms with Crippen molar-refractivity contribution in [3.05, 3.63) is 12.3 Å². The van der Waals surface area contributed by atoms with Gasteiger partial charge in [0.15, 0.2) is 9.84 Å². The van der Waals surface area contributed by atoms with Crippen LogP contribution in [0.5, 0.6) is 0 Å². The molecular formula is C13H22N4O2S. The van der Waals surface area contributed by atoms with Crippen molar-refractivity contribution in [3.63, 3.8) is 0 Å². The van der Waals surface area contributed by atoms with Gasteiger partial charge in [-0.1, -0.05) is 19.8 Å². The molecule has 2 rings (SSSR count). The molecule has 0 aromatic carbocycles. The molecule has 0 aliphatic carbocycles. The van der Waals surface area contributed by atoms with Crippen LogP contribution in [0.2, 0.25) is 0 Å². The monoisotopic (exact) mass is 298 g/mol. The Morgan fingerprint density at radius 2 is 2.25 bits per heavy atom. The van der Waals surface area contributed by atoms with Gasteiger partial charge in [0.2, 0.25) is 5.95 Å². The second-order valence-corrected chi connectivity index (χ2v) is 7.37. The fraction of sp³-hybridized carbons (Fsp3) is 0.692. The molecule has 1 aromatic rings. The molecule has 1 atom stereocenters. The molecule has 0 saturated carbocycles. The molecule has 7 heteroatoms. The van der Waals surface area contributed by atoms with Crippen molar-refractivity contribution in [2.75, 3.05) is 28.7 Å². The quantitative estimate of drug-likeness (QED) is 0.745. The van der Waals surface area contributed by atoms with Crippen molar-refractivity contribution in [1.29, 1.82) is 0 Å². The predicted molar refractivity (Wildman–Crippen MR) is 80.7 cm³/mol. The highest BCUT2D eigenvalue weighted by atomic mass is 32.2. The van der Waals surface area contributed by atoms with Gasteiger partial charge in [-0.25, -0.2) is 13.4 Å². The molecule has 2 N–H and O–H groups in total. The summed E-state index contributed by atoms with van der Waals surface area (Å²) in [6.45, 7) is 3.06. The summed E-state index contributed by atoms with van der Waals surface area (Å²) in [4.78, 5) is 8.49. The summed E-state index contributed by atoms with van der Waals surface area (Å²) in [7, 11) is -2.88. The molecule has 1 aliphatic heterocycles. The van der Waals surface area contributed by atoms with Crippen LogP contribution >= 0.6 is 0 Å². The van der Waals surface area contributed by atoms with Gasteiger partial charge >= 0.3 is 0 Å². The molecule has 0 radical (unpaired) electrons. The second-order valence-electron chi connectivity index (χ2n) is 5.14. The SMILES string of the molecule is CCCCCNc1ccnc(NC2CCS(=O)(=O)C2)n1. The Balaban J connectivity index is 1.86. The zero-order valence-electron chi connectivity index (χ0n) is 11.8. The maximum atomic E-state index is 11.4. The first kappa shape index (κ1) is 15.0. The van der Waals surface area contributed by atoms with Gasteiger partial charge in [0, 0.05) is 18.8 Å². The molecule has 1 aliphatic rings. The lowest BCUT2D eigenvalue weighted by molar-refractivity contribution is 0.602. The van der Waals surface area contributed by atoms with Crippen molar-refractivity contribution < 1.29 is 8.42 Å². The Morgan fingerprint density at radius 1 is 1.40 bits per heavy atom. The number of anilines is 2. The minimum absolute atomic E-state index is 0.0738. The van der Waals surface area contributed by atoms with E-state index in [0.717, 1.165) is 18.8 Å². The van der Waals surface area contributed by atoms with Gasteiger partial charge in [-0.15, -0.1) is 0 Å². The normalized spacial score (nSPS) is 20.8. The van der Waals surface area contributed by atoms with E-state index in [2.05, 4.69) is 27.5 Å². The van der Waals surface area contributed by atoms with E-state index in [4.69, 9.17) is 0 Å². The maximum Gasteiger partial charge on any atom is 0.224 e. The highest BCUT2D eigenvalue weighted by Crippen LogP contribution is 2.16. The van der Waals surface area contributed by atoms with Gasteiger partial charge in [0.1, 0.15) is 5.82 Å². The van der Waals surface area contributed by atoms with Crippen LogP contribution in [-0.4, -0.2) is 42.5 Å². The van der Waals surface area contributed by atoms with Crippen LogP contribution in [0, 0.1) is 0 Å². The molecule has 20 heavy (non-hydrogen) atoms. The van der Waals surface area contributed by atoms with E-state index in [1.165, 1.54) is 12.8 Å². The van der Waals surface area contributed by atoms with Crippen LogP contribution in [0.1, 0.15) is 32.6 Å². The minimum atomic E-state index is -2.88. The smallest absolute Gasteiger partial charge is 0.224 e. The molecule has 1 aromatic heterocycles. The number of nitrogens with zero attached hydrogens (tertiary/aromatic N) is 2. The average Bonchev–Trinajstić information content (AvgIpc) is 2.74. The van der Waals surface area contributed by atoms with Gasteiger partial charge in [0.25, 0.3) is 0 Å². The number of aromatic nitrogens is 2. The third kappa shape index (κ3) is 4.63. The van der Waals surface area contributed by atoms with E-state index in [9.17, 15) is 8.42 Å². The lowest BCUT2D eigenvalue weighted by atomic mass is 10.2. The fourth-order valence-electron chi connectivity index (χ4n) is 2.21. The summed E-state index contributed by atoms with van der Waals surface area (Å²) in [5.74, 6) is 1.69. The van der Waals surface area contributed by atoms with E-state index >= 15 is 0 Å². The Morgan fingerprint density at radius 3 is 2.95 bits per heavy atom. The lowest BCUT2D eigenvalue weighted by Gasteiger charge is -2.11. The van der Waals surface area contributed by atoms with Crippen LogP contribution in [0.15, 0.2) is 12.3 Å². The Labute approximate surface area is 120 Å². The summed E-state index contributed by atoms with van der Waals surface area (Å²) in [6.07, 6.45) is 5.81. The highest BCUT2D eigenvalue weighted by Gasteiger charge is 2.28. The van der Waals surface area contributed by atoms with Crippen LogP contribution < -0.4 is 10.6 Å². The first-order chi connectivity index (χ1) is 9.59. The number of rotatable bonds is 7. The van der Waals surface area contributed by atoms with Gasteiger partial charge in [-0.3, -0.25) is 0 Å². The molecule has 2 heterocycles. The molecule has 0 bridgehead atoms. The van der Waals surface area contributed by atoms with Crippen molar-refractivity contribution in [3.8, 4) is 0 Å². The third-order valence-electron chi connectivity index (χ3n) is 3.31. The number of unbranched alkanes of at least 4 members (excludes halogenated alkanes) is 2. The molecule has 1 unspecified atom stereocenters. The Hall–Kier alpha value is -1.37. The first-order valence-corrected chi connectivity index (χ1v) is 8.95. The van der Waals surface area contributed by atoms with E-state index in [-0.39, 0.29) is 17.5 Å². The largest absolute Gasteiger partial charge is 0.370 e. The van der Waals surface area contributed by atoms with E-state index in [0.29, 0.717) is 12.4 Å². The highest BCUT2D eigenvalue weighted by molar-refractivity contribution is 7.91. The van der Waals surface area contributed by atoms with Crippen LogP contribution in [-0.2, 0) is 9.84 Å². The summed E-state index contributed by atoms with van der Waals surface area (Å²) >= 11 is 0. The molecule has 1 saturated heterocycles. The average molecular weight is 298 g/mol. The zero-order chi connectivity index (χ0) is 14.4. The fourth-order valence-corrected chi connectivity index (χ4v) is 3.88. The van der Waals surface area contributed by atoms with Gasteiger partial charge in [-0.05, 0) is 18.9 Å². The van der Waals surface area contributed by atoms with Crippen LogP contribution in [0.3, 0.4) is 0 Å². The Kier molecular flexibility index (Phi) is 5.17. The first-order valence-electron chi connectivity index (χ1n) is 7.13. The molecule has 0 spiro atoms. The molecular weight excluding hydrogens is 276 g/mol. The topological polar surface area (TPSA) is 84.0 Å². The lowest BCUT2D eigenvalue weighted by Crippen LogP contribution is -2.22. The van der Waals surface area contributed by atoms with Crippen molar-refractivity contribution in [2.24, 2.45) is 0 Å². The predicted octanol–water partition coefficient (Wildman–Crippen LogP) is 1.68. The van der Waals surface area contributed by atoms with E-state index < -0.39 is 9.84 Å². The van der Waals surface area contributed by atoms with Crippen LogP contribution in [0.4, 0.5) is 11.8 Å². The number of hydrogen-bond donors (Lipinski definition) is 2. The van der Waals surface area contributed by atoms with Gasteiger partial charge in [0.05, 0.1) is 11.5 Å².